The van der Waals surface area contributed by atoms with Crippen LogP contribution in [0.3, 0.4) is 0 Å². The molecule has 1 saturated carbocycles. The Morgan fingerprint density at radius 2 is 1.84 bits per heavy atom. The van der Waals surface area contributed by atoms with Gasteiger partial charge in [-0.2, -0.15) is 4.31 Å². The third kappa shape index (κ3) is 9.03. The summed E-state index contributed by atoms with van der Waals surface area (Å²) in [5.74, 6) is 0.902. The summed E-state index contributed by atoms with van der Waals surface area (Å²) in [6.45, 7) is 4.94. The number of sulfonamides is 1. The van der Waals surface area contributed by atoms with Crippen LogP contribution in [0.5, 0.6) is 11.5 Å². The van der Waals surface area contributed by atoms with E-state index in [2.05, 4.69) is 10.6 Å². The first-order chi connectivity index (χ1) is 23.5. The van der Waals surface area contributed by atoms with Gasteiger partial charge in [-0.25, -0.2) is 13.2 Å². The number of nitrogens with one attached hydrogen (secondary N) is 2. The van der Waals surface area contributed by atoms with E-state index in [0.29, 0.717) is 43.9 Å². The zero-order valence-electron chi connectivity index (χ0n) is 28.0. The molecular weight excluding hydrogens is 654 g/mol. The van der Waals surface area contributed by atoms with Crippen LogP contribution in [0.2, 0.25) is 0 Å². The van der Waals surface area contributed by atoms with Gasteiger partial charge in [-0.05, 0) is 61.6 Å². The molecule has 3 aliphatic heterocycles. The molecule has 4 aliphatic rings. The summed E-state index contributed by atoms with van der Waals surface area (Å²) >= 11 is 0. The number of aliphatic hydroxyl groups excluding tert-OH is 1. The summed E-state index contributed by atoms with van der Waals surface area (Å²) < 4.78 is 57.7. The smallest absolute Gasteiger partial charge is 0.407 e. The molecule has 0 radical (unpaired) electrons. The second kappa shape index (κ2) is 15.2. The van der Waals surface area contributed by atoms with Crippen molar-refractivity contribution in [2.75, 3.05) is 39.6 Å². The minimum absolute atomic E-state index is 0.00186. The van der Waals surface area contributed by atoms with E-state index in [-0.39, 0.29) is 55.5 Å². The molecule has 0 aromatic heterocycles. The van der Waals surface area contributed by atoms with Crippen LogP contribution < -0.4 is 20.1 Å². The monoisotopic (exact) mass is 701 g/mol. The largest absolute Gasteiger partial charge is 0.454 e. The molecule has 2 amide bonds. The summed E-state index contributed by atoms with van der Waals surface area (Å²) in [6.07, 6.45) is 1.17. The molecule has 5 atom stereocenters. The van der Waals surface area contributed by atoms with Gasteiger partial charge in [-0.15, -0.1) is 0 Å². The van der Waals surface area contributed by atoms with Crippen LogP contribution in [-0.2, 0) is 35.4 Å². The molecule has 13 nitrogen and oxygen atoms in total. The molecule has 3 N–H and O–H groups in total. The van der Waals surface area contributed by atoms with Gasteiger partial charge in [0.15, 0.2) is 17.8 Å². The zero-order chi connectivity index (χ0) is 34.6. The summed E-state index contributed by atoms with van der Waals surface area (Å²) in [5.41, 5.74) is 0.316. The molecule has 6 rings (SSSR count). The molecule has 2 aromatic rings. The topological polar surface area (TPSA) is 162 Å². The molecule has 2 saturated heterocycles. The first kappa shape index (κ1) is 35.4. The highest BCUT2D eigenvalue weighted by molar-refractivity contribution is 7.89. The van der Waals surface area contributed by atoms with Crippen molar-refractivity contribution in [3.8, 4) is 11.5 Å². The first-order valence-corrected chi connectivity index (χ1v) is 18.5. The Bertz CT molecular complexity index is 1570. The average molecular weight is 702 g/mol. The van der Waals surface area contributed by atoms with Crippen molar-refractivity contribution in [3.63, 3.8) is 0 Å². The molecule has 49 heavy (non-hydrogen) atoms. The van der Waals surface area contributed by atoms with E-state index >= 15 is 0 Å². The predicted octanol–water partition coefficient (Wildman–Crippen LogP) is 3.20. The number of alkyl carbamates (subject to hydrolysis) is 1. The minimum Gasteiger partial charge on any atom is -0.454 e. The van der Waals surface area contributed by atoms with E-state index in [4.69, 9.17) is 23.7 Å². The van der Waals surface area contributed by atoms with E-state index < -0.39 is 46.1 Å². The first-order valence-electron chi connectivity index (χ1n) is 17.1. The van der Waals surface area contributed by atoms with Crippen molar-refractivity contribution in [3.05, 3.63) is 54.1 Å². The molecule has 14 heteroatoms. The lowest BCUT2D eigenvalue weighted by Gasteiger charge is -2.35. The fraction of sp³-hybridized carbons (Fsp3) is 0.600. The third-order valence-electron chi connectivity index (χ3n) is 9.56. The van der Waals surface area contributed by atoms with E-state index in [1.165, 1.54) is 16.4 Å². The zero-order valence-corrected chi connectivity index (χ0v) is 28.9. The van der Waals surface area contributed by atoms with Crippen molar-refractivity contribution in [1.82, 2.24) is 14.9 Å². The molecule has 3 fully saturated rings. The lowest BCUT2D eigenvalue weighted by Crippen LogP contribution is -2.52. The number of fused-ring (bicyclic) bond motifs is 2. The van der Waals surface area contributed by atoms with E-state index in [0.717, 1.165) is 18.4 Å². The van der Waals surface area contributed by atoms with Gasteiger partial charge in [0.25, 0.3) is 0 Å². The Hall–Kier alpha value is -3.43. The number of ether oxygens (including phenoxy) is 5. The quantitative estimate of drug-likeness (QED) is 0.222. The van der Waals surface area contributed by atoms with Gasteiger partial charge in [0.05, 0.1) is 36.2 Å². The Labute approximate surface area is 287 Å². The predicted molar refractivity (Wildman–Crippen MR) is 177 cm³/mol. The minimum atomic E-state index is -4.17. The normalized spacial score (nSPS) is 22.8. The molecule has 0 unspecified atom stereocenters. The molecular formula is C35H47N3O10S. The van der Waals surface area contributed by atoms with E-state index in [1.54, 1.807) is 6.07 Å². The van der Waals surface area contributed by atoms with Gasteiger partial charge in [-0.3, -0.25) is 4.79 Å². The molecule has 2 aromatic carbocycles. The van der Waals surface area contributed by atoms with Crippen molar-refractivity contribution in [1.29, 1.82) is 0 Å². The number of aliphatic hydroxyl groups is 1. The van der Waals surface area contributed by atoms with Crippen LogP contribution in [0, 0.1) is 17.3 Å². The maximum atomic E-state index is 14.3. The summed E-state index contributed by atoms with van der Waals surface area (Å²) in [6, 6.07) is 12.9. The fourth-order valence-electron chi connectivity index (χ4n) is 6.62. The number of rotatable bonds is 16. The highest BCUT2D eigenvalue weighted by Crippen LogP contribution is 2.36. The number of hydrogen-bond donors (Lipinski definition) is 3. The highest BCUT2D eigenvalue weighted by Gasteiger charge is 2.44. The van der Waals surface area contributed by atoms with Gasteiger partial charge >= 0.3 is 6.09 Å². The Balaban J connectivity index is 1.19. The Morgan fingerprint density at radius 1 is 1.06 bits per heavy atom. The summed E-state index contributed by atoms with van der Waals surface area (Å²) in [7, 11) is -4.17. The van der Waals surface area contributed by atoms with Gasteiger partial charge in [0.1, 0.15) is 6.10 Å². The third-order valence-corrected chi connectivity index (χ3v) is 11.4. The number of benzene rings is 2. The van der Waals surface area contributed by atoms with Crippen molar-refractivity contribution < 1.29 is 46.8 Å². The summed E-state index contributed by atoms with van der Waals surface area (Å²) in [4.78, 5) is 25.4. The SMILES string of the molecule is CC(C)(CCCNC(=O)C1CC1)CN(C[C@@H](O)[C@H](Cc1ccccc1)NC(=O)O[C@H]1CO[C@H]2OCC[C@H]21)S(=O)(=O)c1ccc2c(c1)OCO2. The van der Waals surface area contributed by atoms with Crippen LogP contribution in [0.4, 0.5) is 4.79 Å². The van der Waals surface area contributed by atoms with Gasteiger partial charge in [0.2, 0.25) is 22.7 Å². The maximum Gasteiger partial charge on any atom is 0.407 e. The molecule has 3 heterocycles. The number of hydrogen-bond acceptors (Lipinski definition) is 10. The lowest BCUT2D eigenvalue weighted by molar-refractivity contribution is -0.122. The number of amides is 2. The molecule has 0 bridgehead atoms. The Morgan fingerprint density at radius 3 is 2.61 bits per heavy atom. The number of carbonyl (C=O) groups excluding carboxylic acids is 2. The standard InChI is InChI=1S/C35H47N3O10S/c1-35(2,14-6-15-36-32(40)24-9-10-24)21-38(49(42,43)25-11-12-29-30(18-25)47-22-46-29)19-28(39)27(17-23-7-4-3-5-8-23)37-34(41)48-31-20-45-33-26(31)13-16-44-33/h3-5,7-8,11-12,18,24,26-28,31,33,39H,6,9-10,13-17,19-22H2,1-2H3,(H,36,40)(H,37,41)/t26-,27-,28+,31-,33+/m0/s1. The van der Waals surface area contributed by atoms with Crippen LogP contribution in [0.15, 0.2) is 53.4 Å². The van der Waals surface area contributed by atoms with E-state index in [9.17, 15) is 23.1 Å². The summed E-state index contributed by atoms with van der Waals surface area (Å²) in [5, 5.41) is 17.6. The Kier molecular flexibility index (Phi) is 11.0. The van der Waals surface area contributed by atoms with Crippen LogP contribution in [0.25, 0.3) is 0 Å². The van der Waals surface area contributed by atoms with Crippen molar-refractivity contribution in [2.24, 2.45) is 17.3 Å². The van der Waals surface area contributed by atoms with Crippen molar-refractivity contribution >= 4 is 22.0 Å². The second-order valence-electron chi connectivity index (χ2n) is 14.1. The van der Waals surface area contributed by atoms with Gasteiger partial charge < -0.3 is 39.4 Å². The molecule has 0 spiro atoms. The van der Waals surface area contributed by atoms with Crippen LogP contribution in [0.1, 0.15) is 51.5 Å². The van der Waals surface area contributed by atoms with E-state index in [1.807, 2.05) is 44.2 Å². The van der Waals surface area contributed by atoms with Gasteiger partial charge in [-0.1, -0.05) is 44.2 Å². The average Bonchev–Trinajstić information content (AvgIpc) is 3.44. The molecule has 268 valence electrons. The highest BCUT2D eigenvalue weighted by atomic mass is 32.2. The number of nitrogens with zero attached hydrogens (tertiary/aromatic N) is 1. The van der Waals surface area contributed by atoms with Gasteiger partial charge in [0, 0.05) is 31.6 Å². The maximum absolute atomic E-state index is 14.3. The fourth-order valence-corrected chi connectivity index (χ4v) is 8.28. The van der Waals surface area contributed by atoms with Crippen molar-refractivity contribution in [2.45, 2.75) is 81.8 Å². The van der Waals surface area contributed by atoms with Crippen LogP contribution in [-0.4, -0.2) is 94.0 Å². The molecule has 1 aliphatic carbocycles. The number of carbonyl (C=O) groups is 2. The lowest BCUT2D eigenvalue weighted by atomic mass is 9.87. The van der Waals surface area contributed by atoms with Crippen LogP contribution >= 0.6 is 0 Å². The second-order valence-corrected chi connectivity index (χ2v) is 16.1.